The average Bonchev–Trinajstić information content (AvgIpc) is 3.35. The van der Waals surface area contributed by atoms with E-state index in [0.29, 0.717) is 24.9 Å². The summed E-state index contributed by atoms with van der Waals surface area (Å²) in [5.41, 5.74) is 1.95. The van der Waals surface area contributed by atoms with Gasteiger partial charge in [0, 0.05) is 7.05 Å². The molecule has 2 N–H and O–H groups in total. The average molecular weight is 385 g/mol. The van der Waals surface area contributed by atoms with E-state index in [2.05, 4.69) is 20.6 Å². The Labute approximate surface area is 163 Å². The summed E-state index contributed by atoms with van der Waals surface area (Å²) >= 11 is 1.60. The Balaban J connectivity index is 1.46. The van der Waals surface area contributed by atoms with Crippen molar-refractivity contribution in [3.8, 4) is 16.5 Å². The van der Waals surface area contributed by atoms with Gasteiger partial charge in [-0.3, -0.25) is 4.99 Å². The van der Waals surface area contributed by atoms with Gasteiger partial charge in [0.2, 0.25) is 5.89 Å². The highest BCUT2D eigenvalue weighted by atomic mass is 32.1. The minimum absolute atomic E-state index is 0.00197. The van der Waals surface area contributed by atoms with E-state index < -0.39 is 0 Å². The first-order valence-electron chi connectivity index (χ1n) is 8.81. The molecule has 27 heavy (non-hydrogen) atoms. The number of benzene rings is 1. The van der Waals surface area contributed by atoms with Crippen LogP contribution in [-0.2, 0) is 6.54 Å². The van der Waals surface area contributed by atoms with Crippen molar-refractivity contribution in [2.75, 3.05) is 13.6 Å². The number of guanidine groups is 1. The van der Waals surface area contributed by atoms with Crippen LogP contribution in [0.4, 0.5) is 0 Å². The molecule has 2 heterocycles. The van der Waals surface area contributed by atoms with E-state index in [1.165, 1.54) is 0 Å². The zero-order valence-corrected chi connectivity index (χ0v) is 16.5. The van der Waals surface area contributed by atoms with Crippen molar-refractivity contribution in [3.05, 3.63) is 59.3 Å². The van der Waals surface area contributed by atoms with Crippen LogP contribution in [0.5, 0.6) is 5.75 Å². The second-order valence-electron chi connectivity index (χ2n) is 6.12. The molecule has 1 atom stereocenters. The van der Waals surface area contributed by atoms with E-state index >= 15 is 0 Å². The number of aromatic nitrogens is 1. The molecule has 0 saturated heterocycles. The molecule has 0 saturated carbocycles. The highest BCUT2D eigenvalue weighted by molar-refractivity contribution is 7.13. The summed E-state index contributed by atoms with van der Waals surface area (Å²) in [6.07, 6.45) is 1.67. The zero-order chi connectivity index (χ0) is 19.1. The predicted octanol–water partition coefficient (Wildman–Crippen LogP) is 3.84. The molecule has 0 amide bonds. The number of para-hydroxylation sites is 1. The largest absolute Gasteiger partial charge is 0.489 e. The van der Waals surface area contributed by atoms with Crippen molar-refractivity contribution < 1.29 is 9.15 Å². The van der Waals surface area contributed by atoms with Crippen molar-refractivity contribution >= 4 is 17.3 Å². The summed E-state index contributed by atoms with van der Waals surface area (Å²) in [7, 11) is 1.74. The molecule has 1 unspecified atom stereocenters. The molecule has 0 spiro atoms. The predicted molar refractivity (Wildman–Crippen MR) is 109 cm³/mol. The van der Waals surface area contributed by atoms with E-state index in [1.807, 2.05) is 55.6 Å². The van der Waals surface area contributed by atoms with E-state index in [0.717, 1.165) is 21.9 Å². The molecule has 2 aromatic heterocycles. The number of aliphatic imine (C=N–C) groups is 1. The van der Waals surface area contributed by atoms with Gasteiger partial charge >= 0.3 is 0 Å². The maximum atomic E-state index is 5.98. The third-order valence-corrected chi connectivity index (χ3v) is 4.78. The third kappa shape index (κ3) is 5.34. The molecule has 0 bridgehead atoms. The number of oxazole rings is 1. The second kappa shape index (κ2) is 9.23. The maximum Gasteiger partial charge on any atom is 0.236 e. The Morgan fingerprint density at radius 2 is 2.11 bits per heavy atom. The Morgan fingerprint density at radius 3 is 2.85 bits per heavy atom. The summed E-state index contributed by atoms with van der Waals surface area (Å²) in [5, 5.41) is 8.51. The first-order valence-corrected chi connectivity index (χ1v) is 9.68. The molecular formula is C20H24N4O2S. The molecule has 142 valence electrons. The quantitative estimate of drug-likeness (QED) is 0.478. The van der Waals surface area contributed by atoms with Gasteiger partial charge in [0.1, 0.15) is 18.1 Å². The lowest BCUT2D eigenvalue weighted by atomic mass is 10.2. The minimum atomic E-state index is 0.00197. The molecule has 1 aromatic carbocycles. The number of rotatable bonds is 7. The standard InChI is InChI=1S/C20H24N4O2S/c1-14-7-4-5-8-17(14)26-15(2)11-22-20(21-3)23-12-16-13-25-19(24-16)18-9-6-10-27-18/h4-10,13,15H,11-12H2,1-3H3,(H2,21,22,23). The number of ether oxygens (including phenoxy) is 1. The minimum Gasteiger partial charge on any atom is -0.489 e. The second-order valence-corrected chi connectivity index (χ2v) is 7.07. The Bertz CT molecular complexity index is 874. The molecule has 0 fully saturated rings. The number of aryl methyl sites for hydroxylation is 1. The molecular weight excluding hydrogens is 360 g/mol. The van der Waals surface area contributed by atoms with E-state index in [-0.39, 0.29) is 6.10 Å². The fourth-order valence-corrected chi connectivity index (χ4v) is 3.14. The van der Waals surface area contributed by atoms with Crippen LogP contribution in [0, 0.1) is 6.92 Å². The van der Waals surface area contributed by atoms with Gasteiger partial charge in [0.25, 0.3) is 0 Å². The van der Waals surface area contributed by atoms with E-state index in [4.69, 9.17) is 9.15 Å². The molecule has 6 nitrogen and oxygen atoms in total. The van der Waals surface area contributed by atoms with Gasteiger partial charge in [0.05, 0.1) is 23.7 Å². The van der Waals surface area contributed by atoms with Crippen LogP contribution in [0.2, 0.25) is 0 Å². The van der Waals surface area contributed by atoms with E-state index in [9.17, 15) is 0 Å². The highest BCUT2D eigenvalue weighted by Gasteiger charge is 2.10. The van der Waals surface area contributed by atoms with Crippen LogP contribution >= 0.6 is 11.3 Å². The summed E-state index contributed by atoms with van der Waals surface area (Å²) in [6.45, 7) is 5.23. The van der Waals surface area contributed by atoms with Crippen LogP contribution in [0.15, 0.2) is 57.5 Å². The fraction of sp³-hybridized carbons (Fsp3) is 0.300. The maximum absolute atomic E-state index is 5.98. The molecule has 3 aromatic rings. The van der Waals surface area contributed by atoms with Crippen LogP contribution < -0.4 is 15.4 Å². The lowest BCUT2D eigenvalue weighted by Gasteiger charge is -2.18. The first-order chi connectivity index (χ1) is 13.2. The lowest BCUT2D eigenvalue weighted by Crippen LogP contribution is -2.41. The number of nitrogens with zero attached hydrogens (tertiary/aromatic N) is 2. The normalized spacial score (nSPS) is 12.6. The summed E-state index contributed by atoms with van der Waals surface area (Å²) in [4.78, 5) is 9.75. The van der Waals surface area contributed by atoms with Crippen LogP contribution in [0.3, 0.4) is 0 Å². The third-order valence-electron chi connectivity index (χ3n) is 3.92. The Morgan fingerprint density at radius 1 is 1.26 bits per heavy atom. The first kappa shape index (κ1) is 19.0. The topological polar surface area (TPSA) is 71.7 Å². The summed E-state index contributed by atoms with van der Waals surface area (Å²) < 4.78 is 11.5. The van der Waals surface area contributed by atoms with Gasteiger partial charge in [0.15, 0.2) is 5.96 Å². The molecule has 0 radical (unpaired) electrons. The zero-order valence-electron chi connectivity index (χ0n) is 15.7. The molecule has 0 aliphatic rings. The van der Waals surface area contributed by atoms with Gasteiger partial charge in [-0.15, -0.1) is 11.3 Å². The fourth-order valence-electron chi connectivity index (χ4n) is 2.48. The summed E-state index contributed by atoms with van der Waals surface area (Å²) in [6, 6.07) is 12.0. The van der Waals surface area contributed by atoms with Gasteiger partial charge in [-0.25, -0.2) is 4.98 Å². The molecule has 3 rings (SSSR count). The van der Waals surface area contributed by atoms with Gasteiger partial charge < -0.3 is 19.8 Å². The van der Waals surface area contributed by atoms with Gasteiger partial charge in [-0.05, 0) is 36.9 Å². The smallest absolute Gasteiger partial charge is 0.236 e. The Hall–Kier alpha value is -2.80. The highest BCUT2D eigenvalue weighted by Crippen LogP contribution is 2.23. The van der Waals surface area contributed by atoms with Gasteiger partial charge in [-0.1, -0.05) is 24.3 Å². The lowest BCUT2D eigenvalue weighted by molar-refractivity contribution is 0.222. The van der Waals surface area contributed by atoms with Crippen molar-refractivity contribution in [1.82, 2.24) is 15.6 Å². The number of thiophene rings is 1. The monoisotopic (exact) mass is 384 g/mol. The van der Waals surface area contributed by atoms with Crippen LogP contribution in [0.1, 0.15) is 18.2 Å². The number of nitrogens with one attached hydrogen (secondary N) is 2. The van der Waals surface area contributed by atoms with Crippen molar-refractivity contribution in [2.24, 2.45) is 4.99 Å². The SMILES string of the molecule is CN=C(NCc1coc(-c2cccs2)n1)NCC(C)Oc1ccccc1C. The number of hydrogen-bond acceptors (Lipinski definition) is 5. The Kier molecular flexibility index (Phi) is 6.49. The van der Waals surface area contributed by atoms with Crippen LogP contribution in [0.25, 0.3) is 10.8 Å². The molecule has 7 heteroatoms. The van der Waals surface area contributed by atoms with Crippen molar-refractivity contribution in [3.63, 3.8) is 0 Å². The van der Waals surface area contributed by atoms with Gasteiger partial charge in [-0.2, -0.15) is 0 Å². The van der Waals surface area contributed by atoms with Crippen molar-refractivity contribution in [1.29, 1.82) is 0 Å². The molecule has 0 aliphatic carbocycles. The van der Waals surface area contributed by atoms with Crippen LogP contribution in [-0.4, -0.2) is 30.6 Å². The summed E-state index contributed by atoms with van der Waals surface area (Å²) in [5.74, 6) is 2.24. The number of hydrogen-bond donors (Lipinski definition) is 2. The molecule has 0 aliphatic heterocycles. The van der Waals surface area contributed by atoms with E-state index in [1.54, 1.807) is 24.6 Å². The van der Waals surface area contributed by atoms with Crippen molar-refractivity contribution in [2.45, 2.75) is 26.5 Å².